The van der Waals surface area contributed by atoms with Crippen molar-refractivity contribution in [3.05, 3.63) is 151 Å². The molecule has 0 aliphatic rings. The Kier molecular flexibility index (Phi) is 6.84. The van der Waals surface area contributed by atoms with E-state index in [-0.39, 0.29) is 0 Å². The average Bonchev–Trinajstić information content (AvgIpc) is 3.12. The molecule has 0 N–H and O–H groups in total. The van der Waals surface area contributed by atoms with Gasteiger partial charge in [0.15, 0.2) is 5.82 Å². The van der Waals surface area contributed by atoms with Gasteiger partial charge in [-0.05, 0) is 66.9 Å². The number of nitrogens with zero attached hydrogens (tertiary/aromatic N) is 5. The van der Waals surface area contributed by atoms with Gasteiger partial charge in [0.05, 0.1) is 28.1 Å². The molecule has 0 fully saturated rings. The number of fused-ring (bicyclic) bond motifs is 3. The smallest absolute Gasteiger partial charge is 0.179 e. The highest BCUT2D eigenvalue weighted by atomic mass is 14.9. The summed E-state index contributed by atoms with van der Waals surface area (Å²) in [5.41, 5.74) is 12.8. The molecule has 0 saturated heterocycles. The zero-order valence-corrected chi connectivity index (χ0v) is 25.5. The number of benzene rings is 4. The van der Waals surface area contributed by atoms with Crippen LogP contribution in [0.25, 0.3) is 78.2 Å². The fourth-order valence-electron chi connectivity index (χ4n) is 6.02. The Bertz CT molecular complexity index is 2310. The van der Waals surface area contributed by atoms with Crippen molar-refractivity contribution >= 4 is 21.8 Å². The summed E-state index contributed by atoms with van der Waals surface area (Å²) < 4.78 is 0. The van der Waals surface area contributed by atoms with Crippen LogP contribution in [0.5, 0.6) is 0 Å². The van der Waals surface area contributed by atoms with E-state index in [4.69, 9.17) is 19.9 Å². The second kappa shape index (κ2) is 11.5. The van der Waals surface area contributed by atoms with Crippen LogP contribution in [0.2, 0.25) is 0 Å². The molecule has 218 valence electrons. The second-order valence-electron chi connectivity index (χ2n) is 11.5. The van der Waals surface area contributed by atoms with Crippen molar-refractivity contribution in [3.63, 3.8) is 0 Å². The first-order valence-electron chi connectivity index (χ1n) is 15.3. The van der Waals surface area contributed by atoms with Crippen LogP contribution in [0.3, 0.4) is 0 Å². The molecule has 5 nitrogen and oxygen atoms in total. The molecule has 0 saturated carbocycles. The van der Waals surface area contributed by atoms with Gasteiger partial charge in [0.2, 0.25) is 0 Å². The minimum absolute atomic E-state index is 0.602. The maximum absolute atomic E-state index is 5.13. The maximum Gasteiger partial charge on any atom is 0.179 e. The van der Waals surface area contributed by atoms with Crippen LogP contribution < -0.4 is 0 Å². The number of aromatic nitrogens is 5. The first-order chi connectivity index (χ1) is 22.6. The molecule has 0 unspecified atom stereocenters. The van der Waals surface area contributed by atoms with Crippen molar-refractivity contribution in [2.24, 2.45) is 0 Å². The normalized spacial score (nSPS) is 11.3. The molecular weight excluding hydrogens is 562 g/mol. The summed E-state index contributed by atoms with van der Waals surface area (Å²) in [6.07, 6.45) is 1.77. The standard InChI is InChI=1S/C41H29N5/c1-26-23-27(2)43-40-34(26)20-18-31-19-21-35(44-39(31)40)33-12-8-11-32(24-33)28-14-16-30(17-15-28)38-25-37(29-9-4-3-5-10-29)45-41(46-38)36-13-6-7-22-42-36/h3-25H,1-2H3. The molecule has 4 aromatic carbocycles. The first-order valence-corrected chi connectivity index (χ1v) is 15.3. The monoisotopic (exact) mass is 591 g/mol. The van der Waals surface area contributed by atoms with E-state index in [0.29, 0.717) is 5.82 Å². The zero-order valence-electron chi connectivity index (χ0n) is 25.5. The van der Waals surface area contributed by atoms with E-state index >= 15 is 0 Å². The summed E-state index contributed by atoms with van der Waals surface area (Å²) in [4.78, 5) is 24.3. The summed E-state index contributed by atoms with van der Waals surface area (Å²) in [5.74, 6) is 0.602. The molecule has 0 radical (unpaired) electrons. The van der Waals surface area contributed by atoms with Gasteiger partial charge in [0, 0.05) is 39.4 Å². The summed E-state index contributed by atoms with van der Waals surface area (Å²) in [7, 11) is 0. The largest absolute Gasteiger partial charge is 0.253 e. The Hall–Kier alpha value is -6.07. The second-order valence-corrected chi connectivity index (χ2v) is 11.5. The van der Waals surface area contributed by atoms with Gasteiger partial charge in [0.1, 0.15) is 5.69 Å². The highest BCUT2D eigenvalue weighted by Crippen LogP contribution is 2.32. The van der Waals surface area contributed by atoms with Gasteiger partial charge in [-0.15, -0.1) is 0 Å². The fraction of sp³-hybridized carbons (Fsp3) is 0.0488. The van der Waals surface area contributed by atoms with Crippen molar-refractivity contribution in [1.82, 2.24) is 24.9 Å². The Labute approximate surface area is 267 Å². The number of rotatable bonds is 5. The highest BCUT2D eigenvalue weighted by molar-refractivity contribution is 6.04. The van der Waals surface area contributed by atoms with Crippen LogP contribution in [-0.2, 0) is 0 Å². The molecule has 0 aliphatic heterocycles. The van der Waals surface area contributed by atoms with E-state index in [1.807, 2.05) is 49.4 Å². The van der Waals surface area contributed by atoms with E-state index in [0.717, 1.165) is 78.1 Å². The van der Waals surface area contributed by atoms with Gasteiger partial charge in [-0.2, -0.15) is 0 Å². The molecule has 4 heterocycles. The molecule has 4 aromatic heterocycles. The van der Waals surface area contributed by atoms with E-state index in [1.165, 1.54) is 5.56 Å². The number of pyridine rings is 3. The third-order valence-corrected chi connectivity index (χ3v) is 8.34. The van der Waals surface area contributed by atoms with Gasteiger partial charge < -0.3 is 0 Å². The SMILES string of the molecule is Cc1cc(C)c2ccc3ccc(-c4cccc(-c5ccc(-c6cc(-c7ccccc7)nc(-c7ccccn7)n6)cc5)c4)nc3c2n1. The fourth-order valence-corrected chi connectivity index (χ4v) is 6.02. The van der Waals surface area contributed by atoms with Crippen LogP contribution >= 0.6 is 0 Å². The molecule has 0 aliphatic carbocycles. The topological polar surface area (TPSA) is 64.5 Å². The van der Waals surface area contributed by atoms with Crippen molar-refractivity contribution < 1.29 is 0 Å². The average molecular weight is 592 g/mol. The van der Waals surface area contributed by atoms with Gasteiger partial charge in [-0.1, -0.05) is 97.1 Å². The lowest BCUT2D eigenvalue weighted by atomic mass is 9.99. The van der Waals surface area contributed by atoms with Gasteiger partial charge >= 0.3 is 0 Å². The predicted molar refractivity (Wildman–Crippen MR) is 187 cm³/mol. The lowest BCUT2D eigenvalue weighted by Crippen LogP contribution is -1.97. The van der Waals surface area contributed by atoms with Crippen LogP contribution in [0, 0.1) is 13.8 Å². The minimum atomic E-state index is 0.602. The lowest BCUT2D eigenvalue weighted by Gasteiger charge is -2.11. The predicted octanol–water partition coefficient (Wildman–Crippen LogP) is 9.92. The number of aryl methyl sites for hydroxylation is 2. The third-order valence-electron chi connectivity index (χ3n) is 8.34. The minimum Gasteiger partial charge on any atom is -0.253 e. The molecule has 0 amide bonds. The van der Waals surface area contributed by atoms with Crippen molar-refractivity contribution in [2.45, 2.75) is 13.8 Å². The molecular formula is C41H29N5. The summed E-state index contributed by atoms with van der Waals surface area (Å²) in [6, 6.07) is 45.8. The molecule has 0 bridgehead atoms. The van der Waals surface area contributed by atoms with Crippen molar-refractivity contribution in [1.29, 1.82) is 0 Å². The summed E-state index contributed by atoms with van der Waals surface area (Å²) >= 11 is 0. The van der Waals surface area contributed by atoms with Gasteiger partial charge in [0.25, 0.3) is 0 Å². The van der Waals surface area contributed by atoms with Gasteiger partial charge in [-0.25, -0.2) is 15.0 Å². The van der Waals surface area contributed by atoms with E-state index in [2.05, 4.69) is 103 Å². The molecule has 8 rings (SSSR count). The highest BCUT2D eigenvalue weighted by Gasteiger charge is 2.13. The van der Waals surface area contributed by atoms with E-state index < -0.39 is 0 Å². The molecule has 46 heavy (non-hydrogen) atoms. The summed E-state index contributed by atoms with van der Waals surface area (Å²) in [5, 5.41) is 2.23. The Morgan fingerprint density at radius 3 is 1.89 bits per heavy atom. The lowest BCUT2D eigenvalue weighted by molar-refractivity contribution is 1.15. The van der Waals surface area contributed by atoms with E-state index in [1.54, 1.807) is 6.20 Å². The van der Waals surface area contributed by atoms with Crippen molar-refractivity contribution in [2.75, 3.05) is 0 Å². The van der Waals surface area contributed by atoms with E-state index in [9.17, 15) is 0 Å². The zero-order chi connectivity index (χ0) is 31.0. The Morgan fingerprint density at radius 1 is 0.413 bits per heavy atom. The Morgan fingerprint density at radius 2 is 1.11 bits per heavy atom. The quantitative estimate of drug-likeness (QED) is 0.186. The van der Waals surface area contributed by atoms with Crippen LogP contribution in [0.1, 0.15) is 11.3 Å². The molecule has 8 aromatic rings. The van der Waals surface area contributed by atoms with Crippen LogP contribution in [0.4, 0.5) is 0 Å². The summed E-state index contributed by atoms with van der Waals surface area (Å²) in [6.45, 7) is 4.17. The maximum atomic E-state index is 5.13. The van der Waals surface area contributed by atoms with Crippen LogP contribution in [-0.4, -0.2) is 24.9 Å². The van der Waals surface area contributed by atoms with Crippen molar-refractivity contribution in [3.8, 4) is 56.4 Å². The molecule has 5 heteroatoms. The molecule has 0 spiro atoms. The van der Waals surface area contributed by atoms with Gasteiger partial charge in [-0.3, -0.25) is 9.97 Å². The molecule has 0 atom stereocenters. The number of hydrogen-bond acceptors (Lipinski definition) is 5. The third kappa shape index (κ3) is 5.18. The first kappa shape index (κ1) is 27.5. The number of hydrogen-bond donors (Lipinski definition) is 0. The Balaban J connectivity index is 1.16. The van der Waals surface area contributed by atoms with Crippen LogP contribution in [0.15, 0.2) is 140 Å².